The van der Waals surface area contributed by atoms with Crippen molar-refractivity contribution in [3.8, 4) is 0 Å². The lowest BCUT2D eigenvalue weighted by atomic mass is 10.2. The van der Waals surface area contributed by atoms with Crippen LogP contribution in [0.15, 0.2) is 35.5 Å². The number of aromatic nitrogens is 3. The Morgan fingerprint density at radius 1 is 1.59 bits per heavy atom. The summed E-state index contributed by atoms with van der Waals surface area (Å²) in [6.45, 7) is 4.06. The van der Waals surface area contributed by atoms with Crippen LogP contribution < -0.4 is 5.32 Å². The lowest BCUT2D eigenvalue weighted by Crippen LogP contribution is -2.42. The van der Waals surface area contributed by atoms with Crippen LogP contribution in [-0.4, -0.2) is 44.7 Å². The Morgan fingerprint density at radius 3 is 3.23 bits per heavy atom. The molecular weight excluding hydrogens is 282 g/mol. The third kappa shape index (κ3) is 3.54. The second-order valence-electron chi connectivity index (χ2n) is 5.69. The van der Waals surface area contributed by atoms with Gasteiger partial charge in [-0.2, -0.15) is 5.10 Å². The Morgan fingerprint density at radius 2 is 2.50 bits per heavy atom. The molecule has 0 aromatic carbocycles. The van der Waals surface area contributed by atoms with Crippen molar-refractivity contribution in [2.24, 2.45) is 0 Å². The van der Waals surface area contributed by atoms with Gasteiger partial charge in [-0.25, -0.2) is 4.98 Å². The van der Waals surface area contributed by atoms with Crippen molar-refractivity contribution in [1.82, 2.24) is 25.0 Å². The molecule has 1 N–H and O–H groups in total. The van der Waals surface area contributed by atoms with Gasteiger partial charge >= 0.3 is 0 Å². The predicted octanol–water partition coefficient (Wildman–Crippen LogP) is 1.21. The molecule has 2 aromatic heterocycles. The van der Waals surface area contributed by atoms with E-state index in [1.807, 2.05) is 23.7 Å². The van der Waals surface area contributed by atoms with E-state index in [1.54, 1.807) is 12.6 Å². The highest BCUT2D eigenvalue weighted by atomic mass is 16.3. The van der Waals surface area contributed by atoms with Crippen LogP contribution in [0.3, 0.4) is 0 Å². The molecule has 1 amide bonds. The number of nitrogens with one attached hydrogen (secondary N) is 1. The maximum Gasteiger partial charge on any atom is 0.234 e. The molecule has 0 bridgehead atoms. The highest BCUT2D eigenvalue weighted by molar-refractivity contribution is 5.78. The molecule has 22 heavy (non-hydrogen) atoms. The normalized spacial score (nSPS) is 20.1. The molecule has 0 radical (unpaired) electrons. The molecule has 1 fully saturated rings. The van der Waals surface area contributed by atoms with Crippen LogP contribution in [0.2, 0.25) is 0 Å². The Labute approximate surface area is 129 Å². The number of nitrogens with zero attached hydrogens (tertiary/aromatic N) is 4. The van der Waals surface area contributed by atoms with Gasteiger partial charge in [-0.3, -0.25) is 14.4 Å². The van der Waals surface area contributed by atoms with Crippen molar-refractivity contribution in [2.75, 3.05) is 13.1 Å². The van der Waals surface area contributed by atoms with Crippen LogP contribution >= 0.6 is 0 Å². The van der Waals surface area contributed by atoms with Crippen LogP contribution in [-0.2, 0) is 11.3 Å². The van der Waals surface area contributed by atoms with E-state index in [0.717, 1.165) is 31.7 Å². The molecule has 7 heteroatoms. The van der Waals surface area contributed by atoms with E-state index >= 15 is 0 Å². The molecule has 0 aliphatic carbocycles. The van der Waals surface area contributed by atoms with E-state index in [4.69, 9.17) is 4.42 Å². The van der Waals surface area contributed by atoms with Crippen LogP contribution in [0, 0.1) is 0 Å². The lowest BCUT2D eigenvalue weighted by Gasteiger charge is -2.24. The van der Waals surface area contributed by atoms with Crippen LogP contribution in [0.5, 0.6) is 0 Å². The van der Waals surface area contributed by atoms with Gasteiger partial charge in [0.25, 0.3) is 0 Å². The average molecular weight is 303 g/mol. The zero-order valence-corrected chi connectivity index (χ0v) is 12.7. The summed E-state index contributed by atoms with van der Waals surface area (Å²) in [5.41, 5.74) is 0. The number of hydrogen-bond acceptors (Lipinski definition) is 5. The Bertz CT molecular complexity index is 581. The summed E-state index contributed by atoms with van der Waals surface area (Å²) in [5.74, 6) is 0.795. The number of carbonyl (C=O) groups excluding carboxylic acids is 1. The zero-order valence-electron chi connectivity index (χ0n) is 12.7. The van der Waals surface area contributed by atoms with Gasteiger partial charge in [-0.1, -0.05) is 0 Å². The fourth-order valence-electron chi connectivity index (χ4n) is 2.93. The van der Waals surface area contributed by atoms with Gasteiger partial charge in [0, 0.05) is 6.04 Å². The number of carbonyl (C=O) groups is 1. The van der Waals surface area contributed by atoms with E-state index in [-0.39, 0.29) is 11.9 Å². The van der Waals surface area contributed by atoms with Gasteiger partial charge in [0.1, 0.15) is 18.4 Å². The van der Waals surface area contributed by atoms with E-state index in [9.17, 15) is 4.79 Å². The zero-order chi connectivity index (χ0) is 15.4. The molecule has 7 nitrogen and oxygen atoms in total. The van der Waals surface area contributed by atoms with Gasteiger partial charge in [-0.05, 0) is 38.4 Å². The Kier molecular flexibility index (Phi) is 4.53. The molecule has 3 heterocycles. The summed E-state index contributed by atoms with van der Waals surface area (Å²) in [4.78, 5) is 18.4. The Hall–Kier alpha value is -2.15. The maximum atomic E-state index is 12.2. The van der Waals surface area contributed by atoms with Crippen molar-refractivity contribution >= 4 is 5.91 Å². The number of amides is 1. The number of furan rings is 1. The van der Waals surface area contributed by atoms with Crippen LogP contribution in [0.4, 0.5) is 0 Å². The molecule has 1 aliphatic rings. The standard InChI is InChI=1S/C15H21N5O2/c1-12(14-5-3-7-22-14)18-15(21)9-19-6-2-4-13(19)8-20-11-16-10-17-20/h3,5,7,10-13H,2,4,6,8-9H2,1H3,(H,18,21). The molecule has 118 valence electrons. The summed E-state index contributed by atoms with van der Waals surface area (Å²) >= 11 is 0. The fraction of sp³-hybridized carbons (Fsp3) is 0.533. The Balaban J connectivity index is 1.51. The smallest absolute Gasteiger partial charge is 0.234 e. The quantitative estimate of drug-likeness (QED) is 0.868. The topological polar surface area (TPSA) is 76.2 Å². The van der Waals surface area contributed by atoms with Crippen molar-refractivity contribution in [2.45, 2.75) is 38.4 Å². The predicted molar refractivity (Wildman–Crippen MR) is 79.9 cm³/mol. The molecule has 2 unspecified atom stereocenters. The monoisotopic (exact) mass is 303 g/mol. The van der Waals surface area contributed by atoms with E-state index in [2.05, 4.69) is 20.3 Å². The summed E-state index contributed by atoms with van der Waals surface area (Å²) in [6.07, 6.45) is 7.07. The third-order valence-electron chi connectivity index (χ3n) is 4.06. The van der Waals surface area contributed by atoms with E-state index in [0.29, 0.717) is 12.6 Å². The minimum Gasteiger partial charge on any atom is -0.467 e. The first-order valence-electron chi connectivity index (χ1n) is 7.61. The minimum absolute atomic E-state index is 0.0226. The molecule has 1 aliphatic heterocycles. The highest BCUT2D eigenvalue weighted by Crippen LogP contribution is 2.18. The largest absolute Gasteiger partial charge is 0.467 e. The first-order chi connectivity index (χ1) is 10.7. The van der Waals surface area contributed by atoms with Crippen LogP contribution in [0.25, 0.3) is 0 Å². The number of hydrogen-bond donors (Lipinski definition) is 1. The van der Waals surface area contributed by atoms with Gasteiger partial charge in [0.05, 0.1) is 25.4 Å². The van der Waals surface area contributed by atoms with Gasteiger partial charge in [0.15, 0.2) is 0 Å². The van der Waals surface area contributed by atoms with Crippen molar-refractivity contribution in [3.05, 3.63) is 36.8 Å². The second-order valence-corrected chi connectivity index (χ2v) is 5.69. The summed E-state index contributed by atoms with van der Waals surface area (Å²) in [6, 6.07) is 3.92. The molecule has 0 spiro atoms. The fourth-order valence-corrected chi connectivity index (χ4v) is 2.93. The minimum atomic E-state index is -0.112. The summed E-state index contributed by atoms with van der Waals surface area (Å²) < 4.78 is 7.14. The number of rotatable bonds is 6. The van der Waals surface area contributed by atoms with Gasteiger partial charge in [-0.15, -0.1) is 0 Å². The van der Waals surface area contributed by atoms with E-state index in [1.165, 1.54) is 6.33 Å². The first-order valence-corrected chi connectivity index (χ1v) is 7.61. The molecular formula is C15H21N5O2. The maximum absolute atomic E-state index is 12.2. The van der Waals surface area contributed by atoms with Crippen LogP contribution in [0.1, 0.15) is 31.6 Å². The third-order valence-corrected chi connectivity index (χ3v) is 4.06. The van der Waals surface area contributed by atoms with Crippen molar-refractivity contribution in [3.63, 3.8) is 0 Å². The second kappa shape index (κ2) is 6.74. The average Bonchev–Trinajstić information content (AvgIpc) is 3.22. The SMILES string of the molecule is CC(NC(=O)CN1CCCC1Cn1cncn1)c1ccco1. The molecule has 0 saturated carbocycles. The molecule has 1 saturated heterocycles. The van der Waals surface area contributed by atoms with Crippen molar-refractivity contribution < 1.29 is 9.21 Å². The highest BCUT2D eigenvalue weighted by Gasteiger charge is 2.27. The number of likely N-dealkylation sites (tertiary alicyclic amines) is 1. The van der Waals surface area contributed by atoms with E-state index < -0.39 is 0 Å². The molecule has 2 atom stereocenters. The molecule has 2 aromatic rings. The van der Waals surface area contributed by atoms with Gasteiger partial charge in [0.2, 0.25) is 5.91 Å². The lowest BCUT2D eigenvalue weighted by molar-refractivity contribution is -0.123. The summed E-state index contributed by atoms with van der Waals surface area (Å²) in [7, 11) is 0. The van der Waals surface area contributed by atoms with Crippen molar-refractivity contribution in [1.29, 1.82) is 0 Å². The summed E-state index contributed by atoms with van der Waals surface area (Å²) in [5, 5.41) is 7.12. The first kappa shape index (κ1) is 14.8. The molecule has 3 rings (SSSR count). The van der Waals surface area contributed by atoms with Gasteiger partial charge < -0.3 is 9.73 Å².